The Balaban J connectivity index is 1.52. The molecule has 2 N–H and O–H groups in total. The number of nitrogens with zero attached hydrogens (tertiary/aromatic N) is 2. The molecule has 4 aromatic rings. The van der Waals surface area contributed by atoms with E-state index in [1.165, 1.54) is 31.5 Å². The van der Waals surface area contributed by atoms with Gasteiger partial charge in [0.2, 0.25) is 5.91 Å². The fraction of sp³-hybridized carbons (Fsp3) is 0.172. The molecular formula is C29H26N2O7. The number of aromatic nitrogens is 2. The van der Waals surface area contributed by atoms with E-state index in [4.69, 9.17) is 14.6 Å². The minimum atomic E-state index is -1.37. The predicted octanol–water partition coefficient (Wildman–Crippen LogP) is 5.40. The van der Waals surface area contributed by atoms with Crippen molar-refractivity contribution in [3.05, 3.63) is 90.0 Å². The van der Waals surface area contributed by atoms with Gasteiger partial charge in [0.25, 0.3) is 0 Å². The van der Waals surface area contributed by atoms with Crippen molar-refractivity contribution in [2.45, 2.75) is 33.0 Å². The minimum absolute atomic E-state index is 0.195. The van der Waals surface area contributed by atoms with Crippen LogP contribution in [0.4, 0.5) is 0 Å². The molecule has 0 aliphatic heterocycles. The molecule has 0 fully saturated rings. The third-order valence-electron chi connectivity index (χ3n) is 5.78. The van der Waals surface area contributed by atoms with Crippen LogP contribution < -0.4 is 9.47 Å². The summed E-state index contributed by atoms with van der Waals surface area (Å²) in [4.78, 5) is 34.8. The van der Waals surface area contributed by atoms with E-state index in [-0.39, 0.29) is 18.1 Å². The number of benzene rings is 3. The van der Waals surface area contributed by atoms with Crippen LogP contribution in [0.2, 0.25) is 0 Å². The van der Waals surface area contributed by atoms with E-state index < -0.39 is 17.5 Å². The van der Waals surface area contributed by atoms with Crippen LogP contribution in [0.15, 0.2) is 78.9 Å². The van der Waals surface area contributed by atoms with Gasteiger partial charge < -0.3 is 19.7 Å². The monoisotopic (exact) mass is 514 g/mol. The summed E-state index contributed by atoms with van der Waals surface area (Å²) < 4.78 is 12.7. The molecular weight excluding hydrogens is 488 g/mol. The van der Waals surface area contributed by atoms with Crippen molar-refractivity contribution in [3.63, 3.8) is 0 Å². The predicted molar refractivity (Wildman–Crippen MR) is 139 cm³/mol. The average molecular weight is 515 g/mol. The summed E-state index contributed by atoms with van der Waals surface area (Å²) in [7, 11) is 0. The fourth-order valence-corrected chi connectivity index (χ4v) is 3.68. The Morgan fingerprint density at radius 3 is 2.11 bits per heavy atom. The molecule has 1 aromatic heterocycles. The molecule has 0 unspecified atom stereocenters. The van der Waals surface area contributed by atoms with Crippen molar-refractivity contribution in [1.29, 1.82) is 0 Å². The molecule has 0 radical (unpaired) electrons. The smallest absolute Gasteiger partial charge is 0.347 e. The highest BCUT2D eigenvalue weighted by Crippen LogP contribution is 2.29. The van der Waals surface area contributed by atoms with Crippen LogP contribution in [0, 0.1) is 0 Å². The topological polar surface area (TPSA) is 128 Å². The number of carboxylic acids is 2. The number of rotatable bonds is 9. The van der Waals surface area contributed by atoms with E-state index in [1.807, 2.05) is 12.1 Å². The van der Waals surface area contributed by atoms with Gasteiger partial charge in [-0.3, -0.25) is 4.79 Å². The summed E-state index contributed by atoms with van der Waals surface area (Å²) in [6, 6.07) is 22.3. The maximum Gasteiger partial charge on any atom is 0.347 e. The van der Waals surface area contributed by atoms with Crippen LogP contribution in [0.25, 0.3) is 22.5 Å². The lowest BCUT2D eigenvalue weighted by atomic mass is 10.1. The van der Waals surface area contributed by atoms with E-state index >= 15 is 0 Å². The molecule has 0 saturated carbocycles. The Morgan fingerprint density at radius 2 is 1.50 bits per heavy atom. The van der Waals surface area contributed by atoms with Crippen LogP contribution in [-0.4, -0.2) is 43.4 Å². The van der Waals surface area contributed by atoms with Gasteiger partial charge in [-0.15, -0.1) is 0 Å². The fourth-order valence-electron chi connectivity index (χ4n) is 3.68. The molecule has 0 bridgehead atoms. The maximum absolute atomic E-state index is 12.3. The van der Waals surface area contributed by atoms with Crippen molar-refractivity contribution in [2.24, 2.45) is 0 Å². The van der Waals surface area contributed by atoms with Crippen LogP contribution in [0.3, 0.4) is 0 Å². The number of ether oxygens (including phenoxy) is 2. The molecule has 9 heteroatoms. The second-order valence-corrected chi connectivity index (χ2v) is 9.11. The molecule has 38 heavy (non-hydrogen) atoms. The third kappa shape index (κ3) is 5.89. The van der Waals surface area contributed by atoms with Crippen LogP contribution >= 0.6 is 0 Å². The summed E-state index contributed by atoms with van der Waals surface area (Å²) in [6.45, 7) is 4.57. The Morgan fingerprint density at radius 1 is 0.868 bits per heavy atom. The summed E-state index contributed by atoms with van der Waals surface area (Å²) in [6.07, 6.45) is 0. The van der Waals surface area contributed by atoms with E-state index in [1.54, 1.807) is 60.7 Å². The Bertz CT molecular complexity index is 1490. The Kier molecular flexibility index (Phi) is 7.29. The molecule has 4 rings (SSSR count). The van der Waals surface area contributed by atoms with E-state index in [9.17, 15) is 19.5 Å². The van der Waals surface area contributed by atoms with E-state index in [0.29, 0.717) is 22.9 Å². The molecule has 9 nitrogen and oxygen atoms in total. The minimum Gasteiger partial charge on any atom is -0.489 e. The molecule has 0 amide bonds. The molecule has 0 spiro atoms. The van der Waals surface area contributed by atoms with E-state index in [2.05, 4.69) is 5.10 Å². The second-order valence-electron chi connectivity index (χ2n) is 9.11. The van der Waals surface area contributed by atoms with Gasteiger partial charge in [-0.1, -0.05) is 12.1 Å². The Hall–Kier alpha value is -4.92. The first-order valence-electron chi connectivity index (χ1n) is 11.7. The lowest BCUT2D eigenvalue weighted by Gasteiger charge is -2.21. The van der Waals surface area contributed by atoms with Gasteiger partial charge in [0, 0.05) is 18.1 Å². The van der Waals surface area contributed by atoms with Crippen molar-refractivity contribution in [2.75, 3.05) is 0 Å². The lowest BCUT2D eigenvalue weighted by Crippen LogP contribution is -2.37. The quantitative estimate of drug-likeness (QED) is 0.304. The van der Waals surface area contributed by atoms with Crippen LogP contribution in [0.1, 0.15) is 41.5 Å². The van der Waals surface area contributed by atoms with Gasteiger partial charge in [0.15, 0.2) is 5.60 Å². The lowest BCUT2D eigenvalue weighted by molar-refractivity contribution is -0.152. The van der Waals surface area contributed by atoms with Crippen molar-refractivity contribution in [1.82, 2.24) is 9.78 Å². The first-order chi connectivity index (χ1) is 18.0. The van der Waals surface area contributed by atoms with Crippen LogP contribution in [0.5, 0.6) is 11.5 Å². The van der Waals surface area contributed by atoms with E-state index in [0.717, 1.165) is 16.7 Å². The molecule has 194 valence electrons. The van der Waals surface area contributed by atoms with Crippen molar-refractivity contribution in [3.8, 4) is 34.0 Å². The standard InChI is InChI=1S/C29H26N2O7/c1-18(32)31-26(16-25(30-31)20-7-13-24(14-8-20)38-29(2,3)28(35)36)21-9-11-23(12-10-21)37-17-19-5-4-6-22(15-19)27(33)34/h4-16H,17H2,1-3H3,(H,33,34)(H,35,36). The summed E-state index contributed by atoms with van der Waals surface area (Å²) in [5.74, 6) is -1.34. The zero-order valence-corrected chi connectivity index (χ0v) is 21.0. The van der Waals surface area contributed by atoms with Gasteiger partial charge >= 0.3 is 11.9 Å². The number of carbonyl (C=O) groups is 3. The summed E-state index contributed by atoms with van der Waals surface area (Å²) in [5.41, 5.74) is 2.21. The van der Waals surface area contributed by atoms with Crippen molar-refractivity contribution < 1.29 is 34.1 Å². The zero-order valence-electron chi connectivity index (χ0n) is 21.0. The number of carbonyl (C=O) groups excluding carboxylic acids is 1. The normalized spacial score (nSPS) is 11.1. The average Bonchev–Trinajstić information content (AvgIpc) is 3.34. The second kappa shape index (κ2) is 10.6. The van der Waals surface area contributed by atoms with Crippen molar-refractivity contribution >= 4 is 17.8 Å². The SMILES string of the molecule is CC(=O)n1nc(-c2ccc(OC(C)(C)C(=O)O)cc2)cc1-c1ccc(OCc2cccc(C(=O)O)c2)cc1. The first kappa shape index (κ1) is 26.2. The third-order valence-corrected chi connectivity index (χ3v) is 5.78. The highest BCUT2D eigenvalue weighted by atomic mass is 16.5. The summed E-state index contributed by atoms with van der Waals surface area (Å²) >= 11 is 0. The molecule has 0 aliphatic rings. The maximum atomic E-state index is 12.3. The zero-order chi connectivity index (χ0) is 27.4. The van der Waals surface area contributed by atoms with Gasteiger partial charge in [-0.2, -0.15) is 9.78 Å². The van der Waals surface area contributed by atoms with Gasteiger partial charge in [-0.05, 0) is 86.1 Å². The molecule has 0 saturated heterocycles. The van der Waals surface area contributed by atoms with Crippen LogP contribution in [-0.2, 0) is 11.4 Å². The number of aromatic carboxylic acids is 1. The number of hydrogen-bond acceptors (Lipinski definition) is 6. The van der Waals surface area contributed by atoms with Gasteiger partial charge in [0.05, 0.1) is 17.0 Å². The summed E-state index contributed by atoms with van der Waals surface area (Å²) in [5, 5.41) is 22.9. The highest BCUT2D eigenvalue weighted by molar-refractivity contribution is 5.87. The molecule has 3 aromatic carbocycles. The number of hydrogen-bond donors (Lipinski definition) is 2. The Labute approximate surface area is 218 Å². The number of aliphatic carboxylic acids is 1. The largest absolute Gasteiger partial charge is 0.489 e. The van der Waals surface area contributed by atoms with Gasteiger partial charge in [-0.25, -0.2) is 9.59 Å². The molecule has 0 atom stereocenters. The van der Waals surface area contributed by atoms with Gasteiger partial charge in [0.1, 0.15) is 18.1 Å². The number of carboxylic acid groups (broad SMARTS) is 2. The molecule has 1 heterocycles. The highest BCUT2D eigenvalue weighted by Gasteiger charge is 2.29. The molecule has 0 aliphatic carbocycles. The first-order valence-corrected chi connectivity index (χ1v) is 11.7.